The van der Waals surface area contributed by atoms with E-state index in [0.717, 1.165) is 10.2 Å². The van der Waals surface area contributed by atoms with Crippen LogP contribution in [0, 0.1) is 0 Å². The fourth-order valence-electron chi connectivity index (χ4n) is 2.05. The normalized spacial score (nSPS) is 10.8. The van der Waals surface area contributed by atoms with Gasteiger partial charge in [0.25, 0.3) is 0 Å². The molecule has 0 unspecified atom stereocenters. The number of aromatic nitrogens is 4. The van der Waals surface area contributed by atoms with Crippen molar-refractivity contribution in [3.05, 3.63) is 52.9 Å². The lowest BCUT2D eigenvalue weighted by Crippen LogP contribution is -1.96. The Hall–Kier alpha value is -2.41. The third-order valence-electron chi connectivity index (χ3n) is 3.02. The van der Waals surface area contributed by atoms with E-state index in [9.17, 15) is 9.90 Å². The Morgan fingerprint density at radius 3 is 2.67 bits per heavy atom. The van der Waals surface area contributed by atoms with Crippen LogP contribution in [0.1, 0.15) is 10.4 Å². The summed E-state index contributed by atoms with van der Waals surface area (Å²) in [7, 11) is 1.77. The molecule has 3 aromatic rings. The van der Waals surface area contributed by atoms with Gasteiger partial charge in [-0.05, 0) is 28.1 Å². The lowest BCUT2D eigenvalue weighted by molar-refractivity contribution is 0.0697. The highest BCUT2D eigenvalue weighted by molar-refractivity contribution is 9.10. The van der Waals surface area contributed by atoms with E-state index in [-0.39, 0.29) is 5.56 Å². The van der Waals surface area contributed by atoms with Gasteiger partial charge >= 0.3 is 5.97 Å². The Balaban J connectivity index is 2.18. The molecule has 0 spiro atoms. The minimum absolute atomic E-state index is 0.138. The Morgan fingerprint density at radius 1 is 1.29 bits per heavy atom. The Kier molecular flexibility index (Phi) is 3.34. The predicted octanol–water partition coefficient (Wildman–Crippen LogP) is 2.73. The molecule has 0 atom stereocenters. The van der Waals surface area contributed by atoms with Crippen molar-refractivity contribution in [2.45, 2.75) is 0 Å². The molecule has 1 N–H and O–H groups in total. The molecule has 106 valence electrons. The molecule has 6 nitrogen and oxygen atoms in total. The SMILES string of the molecule is Cn1cc(-c2nn(-c3ccccc3Br)cc2C(=O)O)cn1. The van der Waals surface area contributed by atoms with E-state index in [1.54, 1.807) is 28.8 Å². The number of aryl methyl sites for hydroxylation is 1. The first-order valence-electron chi connectivity index (χ1n) is 6.13. The van der Waals surface area contributed by atoms with Crippen LogP contribution in [0.2, 0.25) is 0 Å². The molecule has 0 amide bonds. The first kappa shape index (κ1) is 13.6. The molecule has 0 fully saturated rings. The molecule has 0 aliphatic carbocycles. The summed E-state index contributed by atoms with van der Waals surface area (Å²) < 4.78 is 4.00. The lowest BCUT2D eigenvalue weighted by Gasteiger charge is -2.02. The minimum atomic E-state index is -1.02. The highest BCUT2D eigenvalue weighted by atomic mass is 79.9. The molecule has 0 saturated carbocycles. The van der Waals surface area contributed by atoms with Gasteiger partial charge in [-0.3, -0.25) is 4.68 Å². The number of aromatic carboxylic acids is 1. The smallest absolute Gasteiger partial charge is 0.339 e. The molecule has 0 saturated heterocycles. The third-order valence-corrected chi connectivity index (χ3v) is 3.69. The zero-order chi connectivity index (χ0) is 15.0. The average molecular weight is 347 g/mol. The zero-order valence-corrected chi connectivity index (χ0v) is 12.6. The van der Waals surface area contributed by atoms with Gasteiger partial charge in [-0.25, -0.2) is 9.48 Å². The first-order chi connectivity index (χ1) is 10.1. The average Bonchev–Trinajstić information content (AvgIpc) is 3.05. The maximum Gasteiger partial charge on any atom is 0.339 e. The predicted molar refractivity (Wildman–Crippen MR) is 80.4 cm³/mol. The number of hydrogen-bond donors (Lipinski definition) is 1. The van der Waals surface area contributed by atoms with Crippen LogP contribution in [0.3, 0.4) is 0 Å². The van der Waals surface area contributed by atoms with Gasteiger partial charge < -0.3 is 5.11 Å². The molecule has 3 rings (SSSR count). The number of carbonyl (C=O) groups is 1. The molecule has 21 heavy (non-hydrogen) atoms. The van der Waals surface area contributed by atoms with E-state index in [1.807, 2.05) is 24.3 Å². The maximum atomic E-state index is 11.4. The van der Waals surface area contributed by atoms with Gasteiger partial charge in [0.05, 0.1) is 11.9 Å². The number of hydrogen-bond acceptors (Lipinski definition) is 3. The number of carboxylic acids is 1. The van der Waals surface area contributed by atoms with Gasteiger partial charge in [0.2, 0.25) is 0 Å². The van der Waals surface area contributed by atoms with Crippen LogP contribution in [0.4, 0.5) is 0 Å². The molecule has 0 radical (unpaired) electrons. The Morgan fingerprint density at radius 2 is 2.05 bits per heavy atom. The monoisotopic (exact) mass is 346 g/mol. The topological polar surface area (TPSA) is 72.9 Å². The van der Waals surface area contributed by atoms with Crippen molar-refractivity contribution < 1.29 is 9.90 Å². The van der Waals surface area contributed by atoms with Crippen LogP contribution in [0.5, 0.6) is 0 Å². The summed E-state index contributed by atoms with van der Waals surface area (Å²) in [5.74, 6) is -1.02. The van der Waals surface area contributed by atoms with Crippen molar-refractivity contribution in [1.82, 2.24) is 19.6 Å². The van der Waals surface area contributed by atoms with Gasteiger partial charge in [0.1, 0.15) is 11.3 Å². The highest BCUT2D eigenvalue weighted by Gasteiger charge is 2.19. The van der Waals surface area contributed by atoms with Crippen molar-refractivity contribution in [1.29, 1.82) is 0 Å². The summed E-state index contributed by atoms with van der Waals surface area (Å²) in [6, 6.07) is 7.49. The number of rotatable bonds is 3. The van der Waals surface area contributed by atoms with Crippen LogP contribution < -0.4 is 0 Å². The van der Waals surface area contributed by atoms with Crippen molar-refractivity contribution in [3.8, 4) is 16.9 Å². The van der Waals surface area contributed by atoms with E-state index >= 15 is 0 Å². The molecule has 7 heteroatoms. The van der Waals surface area contributed by atoms with Crippen molar-refractivity contribution in [2.24, 2.45) is 7.05 Å². The summed E-state index contributed by atoms with van der Waals surface area (Å²) in [6.45, 7) is 0. The van der Waals surface area contributed by atoms with Gasteiger partial charge in [0.15, 0.2) is 0 Å². The summed E-state index contributed by atoms with van der Waals surface area (Å²) >= 11 is 3.44. The van der Waals surface area contributed by atoms with Gasteiger partial charge in [-0.1, -0.05) is 12.1 Å². The molecule has 0 aliphatic rings. The zero-order valence-electron chi connectivity index (χ0n) is 11.1. The second-order valence-electron chi connectivity index (χ2n) is 4.50. The van der Waals surface area contributed by atoms with Crippen LogP contribution in [-0.4, -0.2) is 30.6 Å². The van der Waals surface area contributed by atoms with Crippen molar-refractivity contribution in [3.63, 3.8) is 0 Å². The third kappa shape index (κ3) is 2.47. The van der Waals surface area contributed by atoms with Gasteiger partial charge in [-0.2, -0.15) is 10.2 Å². The standard InChI is InChI=1S/C14H11BrN4O2/c1-18-7-9(6-16-18)13-10(14(20)21)8-19(17-13)12-5-3-2-4-11(12)15/h2-8H,1H3,(H,20,21). The molecule has 1 aromatic carbocycles. The Bertz CT molecular complexity index is 822. The number of nitrogens with zero attached hydrogens (tertiary/aromatic N) is 4. The van der Waals surface area contributed by atoms with E-state index in [2.05, 4.69) is 26.1 Å². The fourth-order valence-corrected chi connectivity index (χ4v) is 2.51. The molecular weight excluding hydrogens is 336 g/mol. The number of carboxylic acid groups (broad SMARTS) is 1. The summed E-state index contributed by atoms with van der Waals surface area (Å²) in [6.07, 6.45) is 4.84. The number of benzene rings is 1. The van der Waals surface area contributed by atoms with Gasteiger partial charge in [0, 0.05) is 29.5 Å². The largest absolute Gasteiger partial charge is 0.478 e. The first-order valence-corrected chi connectivity index (χ1v) is 6.92. The van der Waals surface area contributed by atoms with Gasteiger partial charge in [-0.15, -0.1) is 0 Å². The molecule has 2 aromatic heterocycles. The second kappa shape index (κ2) is 5.17. The molecular formula is C14H11BrN4O2. The van der Waals surface area contributed by atoms with Crippen LogP contribution in [-0.2, 0) is 7.05 Å². The van der Waals surface area contributed by atoms with Crippen LogP contribution >= 0.6 is 15.9 Å². The van der Waals surface area contributed by atoms with E-state index < -0.39 is 5.97 Å². The summed E-state index contributed by atoms with van der Waals surface area (Å²) in [5.41, 5.74) is 1.97. The van der Waals surface area contributed by atoms with E-state index in [1.165, 1.54) is 6.20 Å². The lowest BCUT2D eigenvalue weighted by atomic mass is 10.1. The minimum Gasteiger partial charge on any atom is -0.478 e. The molecule has 2 heterocycles. The maximum absolute atomic E-state index is 11.4. The van der Waals surface area contributed by atoms with Crippen molar-refractivity contribution in [2.75, 3.05) is 0 Å². The van der Waals surface area contributed by atoms with E-state index in [4.69, 9.17) is 0 Å². The van der Waals surface area contributed by atoms with E-state index in [0.29, 0.717) is 11.3 Å². The quantitative estimate of drug-likeness (QED) is 0.791. The van der Waals surface area contributed by atoms with Crippen LogP contribution in [0.15, 0.2) is 47.3 Å². The highest BCUT2D eigenvalue weighted by Crippen LogP contribution is 2.26. The number of halogens is 1. The summed E-state index contributed by atoms with van der Waals surface area (Å²) in [4.78, 5) is 11.4. The van der Waals surface area contributed by atoms with Crippen LogP contribution in [0.25, 0.3) is 16.9 Å². The summed E-state index contributed by atoms with van der Waals surface area (Å²) in [5, 5.41) is 17.8. The Labute approximate surface area is 128 Å². The molecule has 0 aliphatic heterocycles. The number of para-hydroxylation sites is 1. The molecule has 0 bridgehead atoms. The fraction of sp³-hybridized carbons (Fsp3) is 0.0714. The van der Waals surface area contributed by atoms with Crippen molar-refractivity contribution >= 4 is 21.9 Å². The second-order valence-corrected chi connectivity index (χ2v) is 5.35.